The fourth-order valence-corrected chi connectivity index (χ4v) is 1.72. The van der Waals surface area contributed by atoms with E-state index in [0.29, 0.717) is 12.0 Å². The van der Waals surface area contributed by atoms with Crippen molar-refractivity contribution in [3.63, 3.8) is 0 Å². The number of carboxylic acids is 1. The Balaban J connectivity index is 2.70. The standard InChI is InChI=1S/C14H20N2O3/c1-3-10(12(17)18)9-16-13(19)14(2,15)11-7-5-4-6-8-11/h4-8,10H,3,9,15H2,1-2H3,(H,16,19)(H,17,18). The number of carbonyl (C=O) groups is 2. The van der Waals surface area contributed by atoms with E-state index in [9.17, 15) is 9.59 Å². The summed E-state index contributed by atoms with van der Waals surface area (Å²) in [6.07, 6.45) is 0.461. The molecule has 0 aromatic heterocycles. The molecule has 0 heterocycles. The zero-order valence-corrected chi connectivity index (χ0v) is 11.2. The number of rotatable bonds is 6. The predicted octanol–water partition coefficient (Wildman–Crippen LogP) is 1.09. The summed E-state index contributed by atoms with van der Waals surface area (Å²) in [5, 5.41) is 11.5. The molecule has 0 saturated carbocycles. The second-order valence-electron chi connectivity index (χ2n) is 4.72. The van der Waals surface area contributed by atoms with Gasteiger partial charge in [0.05, 0.1) is 5.92 Å². The van der Waals surface area contributed by atoms with Gasteiger partial charge in [0.25, 0.3) is 0 Å². The number of aliphatic carboxylic acids is 1. The number of carbonyl (C=O) groups excluding carboxylic acids is 1. The van der Waals surface area contributed by atoms with E-state index >= 15 is 0 Å². The molecule has 1 aromatic rings. The van der Waals surface area contributed by atoms with Gasteiger partial charge in [0.15, 0.2) is 0 Å². The van der Waals surface area contributed by atoms with E-state index < -0.39 is 17.4 Å². The molecule has 0 aliphatic carbocycles. The average Bonchev–Trinajstić information content (AvgIpc) is 2.39. The quantitative estimate of drug-likeness (QED) is 0.717. The molecule has 5 nitrogen and oxygen atoms in total. The lowest BCUT2D eigenvalue weighted by molar-refractivity contribution is -0.141. The van der Waals surface area contributed by atoms with E-state index in [1.807, 2.05) is 6.07 Å². The van der Waals surface area contributed by atoms with Gasteiger partial charge in [0.2, 0.25) is 5.91 Å². The average molecular weight is 264 g/mol. The van der Waals surface area contributed by atoms with Crippen molar-refractivity contribution in [3.05, 3.63) is 35.9 Å². The first-order valence-corrected chi connectivity index (χ1v) is 6.25. The Labute approximate surface area is 112 Å². The van der Waals surface area contributed by atoms with Gasteiger partial charge < -0.3 is 16.2 Å². The molecule has 1 rings (SSSR count). The zero-order chi connectivity index (χ0) is 14.5. The molecule has 5 heteroatoms. The van der Waals surface area contributed by atoms with Crippen LogP contribution in [0.25, 0.3) is 0 Å². The Kier molecular flexibility index (Phi) is 5.06. The Hall–Kier alpha value is -1.88. The number of hydrogen-bond donors (Lipinski definition) is 3. The van der Waals surface area contributed by atoms with E-state index in [4.69, 9.17) is 10.8 Å². The van der Waals surface area contributed by atoms with Gasteiger partial charge in [-0.15, -0.1) is 0 Å². The molecule has 0 spiro atoms. The lowest BCUT2D eigenvalue weighted by Gasteiger charge is -2.24. The first-order chi connectivity index (χ1) is 8.89. The highest BCUT2D eigenvalue weighted by atomic mass is 16.4. The van der Waals surface area contributed by atoms with Crippen LogP contribution in [0.3, 0.4) is 0 Å². The highest BCUT2D eigenvalue weighted by Crippen LogP contribution is 2.17. The molecule has 0 aliphatic heterocycles. The third-order valence-corrected chi connectivity index (χ3v) is 3.20. The Morgan fingerprint density at radius 1 is 1.37 bits per heavy atom. The number of nitrogens with two attached hydrogens (primary N) is 1. The van der Waals surface area contributed by atoms with Crippen LogP contribution in [0, 0.1) is 5.92 Å². The van der Waals surface area contributed by atoms with Gasteiger partial charge in [-0.1, -0.05) is 37.3 Å². The van der Waals surface area contributed by atoms with Gasteiger partial charge in [-0.25, -0.2) is 0 Å². The molecular formula is C14H20N2O3. The third kappa shape index (κ3) is 3.79. The smallest absolute Gasteiger partial charge is 0.308 e. The first kappa shape index (κ1) is 15.2. The minimum Gasteiger partial charge on any atom is -0.481 e. The summed E-state index contributed by atoms with van der Waals surface area (Å²) in [5.74, 6) is -1.88. The zero-order valence-electron chi connectivity index (χ0n) is 11.2. The Morgan fingerprint density at radius 3 is 2.42 bits per heavy atom. The summed E-state index contributed by atoms with van der Waals surface area (Å²) < 4.78 is 0. The van der Waals surface area contributed by atoms with E-state index in [0.717, 1.165) is 0 Å². The molecule has 104 valence electrons. The topological polar surface area (TPSA) is 92.4 Å². The minimum absolute atomic E-state index is 0.0876. The van der Waals surface area contributed by atoms with Crippen molar-refractivity contribution in [3.8, 4) is 0 Å². The van der Waals surface area contributed by atoms with Crippen LogP contribution >= 0.6 is 0 Å². The van der Waals surface area contributed by atoms with E-state index in [2.05, 4.69) is 5.32 Å². The second kappa shape index (κ2) is 6.33. The number of amides is 1. The van der Waals surface area contributed by atoms with E-state index in [-0.39, 0.29) is 12.5 Å². The predicted molar refractivity (Wildman–Crippen MR) is 72.4 cm³/mol. The number of carboxylic acid groups (broad SMARTS) is 1. The molecule has 0 radical (unpaired) electrons. The van der Waals surface area contributed by atoms with Crippen LogP contribution in [0.15, 0.2) is 30.3 Å². The molecular weight excluding hydrogens is 244 g/mol. The molecule has 19 heavy (non-hydrogen) atoms. The maximum absolute atomic E-state index is 12.1. The van der Waals surface area contributed by atoms with Crippen LogP contribution in [0.4, 0.5) is 0 Å². The van der Waals surface area contributed by atoms with Crippen LogP contribution in [-0.2, 0) is 15.1 Å². The lowest BCUT2D eigenvalue weighted by Crippen LogP contribution is -2.50. The summed E-state index contributed by atoms with van der Waals surface area (Å²) in [4.78, 5) is 23.0. The van der Waals surface area contributed by atoms with E-state index in [1.165, 1.54) is 0 Å². The number of nitrogens with one attached hydrogen (secondary N) is 1. The minimum atomic E-state index is -1.17. The third-order valence-electron chi connectivity index (χ3n) is 3.20. The van der Waals surface area contributed by atoms with Crippen molar-refractivity contribution in [1.82, 2.24) is 5.32 Å². The van der Waals surface area contributed by atoms with Crippen molar-refractivity contribution in [2.75, 3.05) is 6.54 Å². The van der Waals surface area contributed by atoms with Crippen LogP contribution < -0.4 is 11.1 Å². The normalized spacial score (nSPS) is 15.3. The van der Waals surface area contributed by atoms with Crippen LogP contribution in [-0.4, -0.2) is 23.5 Å². The van der Waals surface area contributed by atoms with Crippen LogP contribution in [0.2, 0.25) is 0 Å². The highest BCUT2D eigenvalue weighted by molar-refractivity contribution is 5.87. The fraction of sp³-hybridized carbons (Fsp3) is 0.429. The van der Waals surface area contributed by atoms with Crippen molar-refractivity contribution >= 4 is 11.9 Å². The van der Waals surface area contributed by atoms with Gasteiger partial charge in [-0.3, -0.25) is 9.59 Å². The summed E-state index contributed by atoms with van der Waals surface area (Å²) >= 11 is 0. The largest absolute Gasteiger partial charge is 0.481 e. The molecule has 1 aromatic carbocycles. The first-order valence-electron chi connectivity index (χ1n) is 6.25. The summed E-state index contributed by atoms with van der Waals surface area (Å²) in [6, 6.07) is 9.00. The molecule has 1 amide bonds. The number of benzene rings is 1. The summed E-state index contributed by atoms with van der Waals surface area (Å²) in [7, 11) is 0. The SMILES string of the molecule is CCC(CNC(=O)C(C)(N)c1ccccc1)C(=O)O. The van der Waals surface area contributed by atoms with Gasteiger partial charge in [0.1, 0.15) is 5.54 Å². The lowest BCUT2D eigenvalue weighted by atomic mass is 9.92. The van der Waals surface area contributed by atoms with Gasteiger partial charge in [-0.05, 0) is 18.9 Å². The van der Waals surface area contributed by atoms with Crippen molar-refractivity contribution in [2.45, 2.75) is 25.8 Å². The fourth-order valence-electron chi connectivity index (χ4n) is 1.72. The summed E-state index contributed by atoms with van der Waals surface area (Å²) in [6.45, 7) is 3.47. The molecule has 0 saturated heterocycles. The molecule has 0 fully saturated rings. The Bertz CT molecular complexity index is 443. The molecule has 0 aliphatic rings. The number of hydrogen-bond acceptors (Lipinski definition) is 3. The van der Waals surface area contributed by atoms with Gasteiger partial charge >= 0.3 is 5.97 Å². The van der Waals surface area contributed by atoms with Crippen LogP contribution in [0.1, 0.15) is 25.8 Å². The maximum atomic E-state index is 12.1. The van der Waals surface area contributed by atoms with Crippen molar-refractivity contribution in [2.24, 2.45) is 11.7 Å². The second-order valence-corrected chi connectivity index (χ2v) is 4.72. The Morgan fingerprint density at radius 2 is 1.95 bits per heavy atom. The molecule has 0 bridgehead atoms. The van der Waals surface area contributed by atoms with Crippen molar-refractivity contribution < 1.29 is 14.7 Å². The highest BCUT2D eigenvalue weighted by Gasteiger charge is 2.30. The van der Waals surface area contributed by atoms with Crippen LogP contribution in [0.5, 0.6) is 0 Å². The monoisotopic (exact) mass is 264 g/mol. The van der Waals surface area contributed by atoms with Gasteiger partial charge in [0, 0.05) is 6.54 Å². The maximum Gasteiger partial charge on any atom is 0.308 e. The molecule has 2 atom stereocenters. The molecule has 2 unspecified atom stereocenters. The molecule has 4 N–H and O–H groups in total. The summed E-state index contributed by atoms with van der Waals surface area (Å²) in [5.41, 5.74) is 5.55. The van der Waals surface area contributed by atoms with Gasteiger partial charge in [-0.2, -0.15) is 0 Å². The van der Waals surface area contributed by atoms with E-state index in [1.54, 1.807) is 38.1 Å². The van der Waals surface area contributed by atoms with Crippen molar-refractivity contribution in [1.29, 1.82) is 0 Å².